The summed E-state index contributed by atoms with van der Waals surface area (Å²) in [5, 5.41) is 4.11. The average molecular weight is 329 g/mol. The van der Waals surface area contributed by atoms with E-state index < -0.39 is 0 Å². The van der Waals surface area contributed by atoms with Gasteiger partial charge in [-0.15, -0.1) is 0 Å². The van der Waals surface area contributed by atoms with E-state index in [0.29, 0.717) is 0 Å². The number of rotatable bonds is 4. The van der Waals surface area contributed by atoms with Crippen LogP contribution in [0.15, 0.2) is 29.4 Å². The number of fused-ring (bicyclic) bond motifs is 1. The number of anilines is 1. The van der Waals surface area contributed by atoms with Gasteiger partial charge in [-0.2, -0.15) is 5.10 Å². The zero-order chi connectivity index (χ0) is 17.7. The van der Waals surface area contributed by atoms with Gasteiger partial charge in [0.1, 0.15) is 0 Å². The van der Waals surface area contributed by atoms with Crippen molar-refractivity contribution >= 4 is 23.2 Å². The quantitative estimate of drug-likeness (QED) is 0.680. The molecular weight excluding hydrogens is 302 g/mol. The predicted molar refractivity (Wildman–Crippen MR) is 97.1 cm³/mol. The summed E-state index contributed by atoms with van der Waals surface area (Å²) in [6, 6.07) is 7.98. The molecule has 0 saturated carbocycles. The fourth-order valence-electron chi connectivity index (χ4n) is 2.52. The third kappa shape index (κ3) is 4.66. The van der Waals surface area contributed by atoms with Gasteiger partial charge in [0.15, 0.2) is 0 Å². The van der Waals surface area contributed by atoms with Gasteiger partial charge < -0.3 is 4.90 Å². The van der Waals surface area contributed by atoms with Gasteiger partial charge in [-0.1, -0.05) is 39.0 Å². The molecular formula is C19H27N3O2. The second-order valence-corrected chi connectivity index (χ2v) is 7.26. The SMILES string of the molecule is CC(=NNC(=O)CCC(=O)N1CCCc2ccccc21)C(C)(C)C. The van der Waals surface area contributed by atoms with Gasteiger partial charge >= 0.3 is 0 Å². The first-order valence-corrected chi connectivity index (χ1v) is 8.51. The average Bonchev–Trinajstić information content (AvgIpc) is 2.56. The maximum absolute atomic E-state index is 12.5. The van der Waals surface area contributed by atoms with E-state index in [0.717, 1.165) is 30.8 Å². The molecule has 0 fully saturated rings. The van der Waals surface area contributed by atoms with Crippen molar-refractivity contribution in [2.75, 3.05) is 11.4 Å². The highest BCUT2D eigenvalue weighted by molar-refractivity contribution is 5.96. The lowest BCUT2D eigenvalue weighted by atomic mass is 9.91. The predicted octanol–water partition coefficient (Wildman–Crippen LogP) is 3.28. The van der Waals surface area contributed by atoms with Crippen LogP contribution in [-0.4, -0.2) is 24.1 Å². The van der Waals surface area contributed by atoms with Crippen molar-refractivity contribution in [2.45, 2.75) is 53.4 Å². The number of hydrogen-bond donors (Lipinski definition) is 1. The van der Waals surface area contributed by atoms with E-state index in [2.05, 4.69) is 16.6 Å². The van der Waals surface area contributed by atoms with E-state index in [4.69, 9.17) is 0 Å². The van der Waals surface area contributed by atoms with E-state index in [1.807, 2.05) is 45.9 Å². The topological polar surface area (TPSA) is 61.8 Å². The van der Waals surface area contributed by atoms with Crippen LogP contribution in [0.25, 0.3) is 0 Å². The number of carbonyl (C=O) groups excluding carboxylic acids is 2. The maximum Gasteiger partial charge on any atom is 0.240 e. The number of nitrogens with one attached hydrogen (secondary N) is 1. The summed E-state index contributed by atoms with van der Waals surface area (Å²) in [5.74, 6) is -0.230. The molecule has 5 heteroatoms. The third-order valence-electron chi connectivity index (χ3n) is 4.41. The number of nitrogens with zero attached hydrogens (tertiary/aromatic N) is 2. The molecule has 1 aromatic rings. The van der Waals surface area contributed by atoms with Crippen LogP contribution in [0.3, 0.4) is 0 Å². The minimum absolute atomic E-state index is 0.00572. The standard InChI is InChI=1S/C19H27N3O2/c1-14(19(2,3)4)20-21-17(23)11-12-18(24)22-13-7-9-15-8-5-6-10-16(15)22/h5-6,8,10H,7,9,11-13H2,1-4H3,(H,21,23). The van der Waals surface area contributed by atoms with E-state index in [1.54, 1.807) is 4.90 Å². The molecule has 2 rings (SSSR count). The molecule has 2 amide bonds. The van der Waals surface area contributed by atoms with Crippen LogP contribution < -0.4 is 10.3 Å². The van der Waals surface area contributed by atoms with Crippen LogP contribution in [-0.2, 0) is 16.0 Å². The Morgan fingerprint density at radius 2 is 1.92 bits per heavy atom. The lowest BCUT2D eigenvalue weighted by molar-refractivity contribution is -0.125. The van der Waals surface area contributed by atoms with Gasteiger partial charge in [-0.3, -0.25) is 9.59 Å². The molecule has 0 aromatic heterocycles. The number of hydrazone groups is 1. The van der Waals surface area contributed by atoms with Crippen molar-refractivity contribution < 1.29 is 9.59 Å². The van der Waals surface area contributed by atoms with Crippen molar-refractivity contribution in [1.29, 1.82) is 0 Å². The largest absolute Gasteiger partial charge is 0.312 e. The number of hydrogen-bond acceptors (Lipinski definition) is 3. The zero-order valence-corrected chi connectivity index (χ0v) is 15.1. The van der Waals surface area contributed by atoms with Crippen LogP contribution in [0, 0.1) is 5.41 Å². The molecule has 0 spiro atoms. The Kier molecular flexibility index (Phi) is 5.75. The third-order valence-corrected chi connectivity index (χ3v) is 4.41. The van der Waals surface area contributed by atoms with Gasteiger partial charge in [-0.05, 0) is 31.4 Å². The molecule has 130 valence electrons. The van der Waals surface area contributed by atoms with E-state index in [1.165, 1.54) is 5.56 Å². The normalized spacial score (nSPS) is 15.0. The summed E-state index contributed by atoms with van der Waals surface area (Å²) < 4.78 is 0. The lowest BCUT2D eigenvalue weighted by Crippen LogP contribution is -2.36. The van der Waals surface area contributed by atoms with Crippen molar-refractivity contribution in [3.63, 3.8) is 0 Å². The molecule has 24 heavy (non-hydrogen) atoms. The van der Waals surface area contributed by atoms with Crippen LogP contribution in [0.4, 0.5) is 5.69 Å². The monoisotopic (exact) mass is 329 g/mol. The molecule has 0 atom stereocenters. The number of carbonyl (C=O) groups is 2. The Morgan fingerprint density at radius 1 is 1.21 bits per heavy atom. The number of benzene rings is 1. The summed E-state index contributed by atoms with van der Waals surface area (Å²) in [4.78, 5) is 26.2. The fourth-order valence-corrected chi connectivity index (χ4v) is 2.52. The van der Waals surface area contributed by atoms with Gasteiger partial charge in [-0.25, -0.2) is 5.43 Å². The van der Waals surface area contributed by atoms with Crippen LogP contribution in [0.5, 0.6) is 0 Å². The molecule has 0 bridgehead atoms. The highest BCUT2D eigenvalue weighted by Gasteiger charge is 2.22. The molecule has 0 radical (unpaired) electrons. The summed E-state index contributed by atoms with van der Waals surface area (Å²) in [7, 11) is 0. The number of aryl methyl sites for hydroxylation is 1. The Bertz CT molecular complexity index is 644. The molecule has 5 nitrogen and oxygen atoms in total. The van der Waals surface area contributed by atoms with Gasteiger partial charge in [0.2, 0.25) is 11.8 Å². The van der Waals surface area contributed by atoms with Gasteiger partial charge in [0.05, 0.1) is 0 Å². The number of para-hydroxylation sites is 1. The Labute approximate surface area is 144 Å². The van der Waals surface area contributed by atoms with Crippen molar-refractivity contribution in [3.05, 3.63) is 29.8 Å². The Morgan fingerprint density at radius 3 is 2.62 bits per heavy atom. The summed E-state index contributed by atoms with van der Waals surface area (Å²) >= 11 is 0. The molecule has 1 N–H and O–H groups in total. The molecule has 1 aromatic carbocycles. The Balaban J connectivity index is 1.89. The van der Waals surface area contributed by atoms with Gasteiger partial charge in [0.25, 0.3) is 0 Å². The smallest absolute Gasteiger partial charge is 0.240 e. The summed E-state index contributed by atoms with van der Waals surface area (Å²) in [6.07, 6.45) is 2.31. The minimum atomic E-state index is -0.225. The van der Waals surface area contributed by atoms with E-state index in [9.17, 15) is 9.59 Å². The van der Waals surface area contributed by atoms with Crippen LogP contribution >= 0.6 is 0 Å². The molecule has 0 saturated heterocycles. The second kappa shape index (κ2) is 7.60. The fraction of sp³-hybridized carbons (Fsp3) is 0.526. The summed E-state index contributed by atoms with van der Waals surface area (Å²) in [5.41, 5.74) is 5.50. The van der Waals surface area contributed by atoms with E-state index in [-0.39, 0.29) is 30.1 Å². The first-order valence-electron chi connectivity index (χ1n) is 8.51. The maximum atomic E-state index is 12.5. The first-order chi connectivity index (χ1) is 11.3. The summed E-state index contributed by atoms with van der Waals surface area (Å²) in [6.45, 7) is 8.72. The van der Waals surface area contributed by atoms with Gasteiger partial charge in [0, 0.05) is 36.2 Å². The minimum Gasteiger partial charge on any atom is -0.312 e. The van der Waals surface area contributed by atoms with Crippen molar-refractivity contribution in [3.8, 4) is 0 Å². The Hall–Kier alpha value is -2.17. The second-order valence-electron chi connectivity index (χ2n) is 7.26. The highest BCUT2D eigenvalue weighted by atomic mass is 16.2. The van der Waals surface area contributed by atoms with Crippen LogP contribution in [0.1, 0.15) is 52.5 Å². The lowest BCUT2D eigenvalue weighted by Gasteiger charge is -2.29. The highest BCUT2D eigenvalue weighted by Crippen LogP contribution is 2.27. The van der Waals surface area contributed by atoms with Crippen molar-refractivity contribution in [2.24, 2.45) is 10.5 Å². The molecule has 1 aliphatic heterocycles. The van der Waals surface area contributed by atoms with E-state index >= 15 is 0 Å². The van der Waals surface area contributed by atoms with Crippen molar-refractivity contribution in [1.82, 2.24) is 5.43 Å². The zero-order valence-electron chi connectivity index (χ0n) is 15.1. The molecule has 0 unspecified atom stereocenters. The molecule has 1 heterocycles. The first kappa shape index (κ1) is 18.2. The number of amides is 2. The molecule has 0 aliphatic carbocycles. The van der Waals surface area contributed by atoms with Crippen LogP contribution in [0.2, 0.25) is 0 Å². The molecule has 1 aliphatic rings.